The van der Waals surface area contributed by atoms with Gasteiger partial charge in [0.15, 0.2) is 11.6 Å². The summed E-state index contributed by atoms with van der Waals surface area (Å²) < 4.78 is 19.1. The Morgan fingerprint density at radius 1 is 1.10 bits per heavy atom. The number of benzene rings is 2. The first-order chi connectivity index (χ1) is 9.54. The van der Waals surface area contributed by atoms with Gasteiger partial charge in [0.1, 0.15) is 0 Å². The highest BCUT2D eigenvalue weighted by atomic mass is 19.1. The Hall–Kier alpha value is -1.87. The number of halogens is 1. The summed E-state index contributed by atoms with van der Waals surface area (Å²) in [5, 5.41) is 10.4. The summed E-state index contributed by atoms with van der Waals surface area (Å²) in [7, 11) is 1.43. The van der Waals surface area contributed by atoms with Crippen molar-refractivity contribution < 1.29 is 14.2 Å². The second kappa shape index (κ2) is 6.06. The number of aryl methyl sites for hydroxylation is 2. The van der Waals surface area contributed by atoms with E-state index in [2.05, 4.69) is 0 Å². The molecule has 0 aliphatic carbocycles. The average molecular weight is 274 g/mol. The van der Waals surface area contributed by atoms with Gasteiger partial charge in [0.2, 0.25) is 0 Å². The maximum Gasteiger partial charge on any atom is 0.168 e. The van der Waals surface area contributed by atoms with Gasteiger partial charge in [0.25, 0.3) is 0 Å². The predicted octanol–water partition coefficient (Wildman–Crippen LogP) is 3.73. The van der Waals surface area contributed by atoms with Gasteiger partial charge in [-0.2, -0.15) is 0 Å². The molecule has 0 amide bonds. The average Bonchev–Trinajstić information content (AvgIpc) is 2.41. The number of hydrogen-bond donors (Lipinski definition) is 1. The van der Waals surface area contributed by atoms with Crippen molar-refractivity contribution in [3.05, 3.63) is 64.5 Å². The van der Waals surface area contributed by atoms with Crippen LogP contribution in [0.1, 0.15) is 28.4 Å². The smallest absolute Gasteiger partial charge is 0.168 e. The van der Waals surface area contributed by atoms with Crippen LogP contribution in [0.15, 0.2) is 36.4 Å². The van der Waals surface area contributed by atoms with Crippen molar-refractivity contribution in [2.75, 3.05) is 7.11 Å². The van der Waals surface area contributed by atoms with Gasteiger partial charge in [0, 0.05) is 6.42 Å². The molecule has 0 spiro atoms. The zero-order chi connectivity index (χ0) is 14.7. The number of rotatable bonds is 4. The third-order valence-electron chi connectivity index (χ3n) is 3.55. The first-order valence-corrected chi connectivity index (χ1v) is 6.60. The minimum absolute atomic E-state index is 0.205. The lowest BCUT2D eigenvalue weighted by Gasteiger charge is -2.17. The van der Waals surface area contributed by atoms with Crippen molar-refractivity contribution in [2.45, 2.75) is 26.4 Å². The Kier molecular flexibility index (Phi) is 4.40. The van der Waals surface area contributed by atoms with Gasteiger partial charge in [-0.3, -0.25) is 0 Å². The molecule has 0 aliphatic rings. The maximum absolute atomic E-state index is 14.1. The summed E-state index contributed by atoms with van der Waals surface area (Å²) in [5.41, 5.74) is 3.36. The van der Waals surface area contributed by atoms with Crippen molar-refractivity contribution >= 4 is 0 Å². The van der Waals surface area contributed by atoms with E-state index in [4.69, 9.17) is 4.74 Å². The molecule has 0 aromatic heterocycles. The van der Waals surface area contributed by atoms with E-state index in [1.807, 2.05) is 32.0 Å². The Labute approximate surface area is 118 Å². The molecular formula is C17H19FO2. The molecule has 2 rings (SSSR count). The van der Waals surface area contributed by atoms with Gasteiger partial charge in [-0.15, -0.1) is 0 Å². The van der Waals surface area contributed by atoms with Gasteiger partial charge < -0.3 is 9.84 Å². The number of ether oxygens (including phenoxy) is 1. The highest BCUT2D eigenvalue weighted by molar-refractivity contribution is 5.37. The third-order valence-corrected chi connectivity index (χ3v) is 3.55. The summed E-state index contributed by atoms with van der Waals surface area (Å²) in [5.74, 6) is -0.198. The predicted molar refractivity (Wildman–Crippen MR) is 77.5 cm³/mol. The van der Waals surface area contributed by atoms with E-state index in [9.17, 15) is 9.50 Å². The van der Waals surface area contributed by atoms with E-state index >= 15 is 0 Å². The Morgan fingerprint density at radius 3 is 2.30 bits per heavy atom. The summed E-state index contributed by atoms with van der Waals surface area (Å²) in [6, 6.07) is 10.8. The van der Waals surface area contributed by atoms with Crippen LogP contribution in [-0.4, -0.2) is 12.2 Å². The Bertz CT molecular complexity index is 588. The van der Waals surface area contributed by atoms with Gasteiger partial charge in [-0.25, -0.2) is 4.39 Å². The summed E-state index contributed by atoms with van der Waals surface area (Å²) in [6.45, 7) is 3.90. The van der Waals surface area contributed by atoms with Crippen molar-refractivity contribution in [2.24, 2.45) is 0 Å². The maximum atomic E-state index is 14.1. The van der Waals surface area contributed by atoms with E-state index in [1.54, 1.807) is 18.2 Å². The van der Waals surface area contributed by atoms with E-state index < -0.39 is 11.9 Å². The number of aliphatic hydroxyl groups is 1. The molecular weight excluding hydrogens is 255 g/mol. The largest absolute Gasteiger partial charge is 0.494 e. The fourth-order valence-corrected chi connectivity index (χ4v) is 2.53. The van der Waals surface area contributed by atoms with Crippen LogP contribution in [-0.2, 0) is 6.42 Å². The second-order valence-corrected chi connectivity index (χ2v) is 4.96. The molecule has 1 unspecified atom stereocenters. The molecule has 1 N–H and O–H groups in total. The van der Waals surface area contributed by atoms with E-state index in [1.165, 1.54) is 7.11 Å². The first-order valence-electron chi connectivity index (χ1n) is 6.60. The van der Waals surface area contributed by atoms with Gasteiger partial charge in [-0.1, -0.05) is 30.3 Å². The highest BCUT2D eigenvalue weighted by Gasteiger charge is 2.17. The Balaban J connectivity index is 2.31. The minimum Gasteiger partial charge on any atom is -0.494 e. The zero-order valence-electron chi connectivity index (χ0n) is 12.0. The number of methoxy groups -OCH3 is 1. The molecule has 0 bridgehead atoms. The molecule has 20 heavy (non-hydrogen) atoms. The normalized spacial score (nSPS) is 12.2. The quantitative estimate of drug-likeness (QED) is 0.920. The van der Waals surface area contributed by atoms with E-state index in [-0.39, 0.29) is 12.2 Å². The van der Waals surface area contributed by atoms with Crippen LogP contribution in [0.2, 0.25) is 0 Å². The van der Waals surface area contributed by atoms with E-state index in [0.717, 1.165) is 16.7 Å². The Morgan fingerprint density at radius 2 is 1.70 bits per heavy atom. The topological polar surface area (TPSA) is 29.5 Å². The summed E-state index contributed by atoms with van der Waals surface area (Å²) in [4.78, 5) is 0. The van der Waals surface area contributed by atoms with Gasteiger partial charge >= 0.3 is 0 Å². The van der Waals surface area contributed by atoms with Crippen molar-refractivity contribution in [3.8, 4) is 5.75 Å². The minimum atomic E-state index is -0.724. The van der Waals surface area contributed by atoms with Crippen LogP contribution in [0.5, 0.6) is 5.75 Å². The second-order valence-electron chi connectivity index (χ2n) is 4.96. The van der Waals surface area contributed by atoms with Crippen LogP contribution in [0.3, 0.4) is 0 Å². The SMILES string of the molecule is COc1cccc(CC(O)c2c(C)cccc2C)c1F. The van der Waals surface area contributed by atoms with Gasteiger partial charge in [-0.05, 0) is 42.2 Å². The number of hydrogen-bond acceptors (Lipinski definition) is 2. The molecule has 106 valence electrons. The lowest BCUT2D eigenvalue weighted by atomic mass is 9.93. The molecule has 0 fully saturated rings. The van der Waals surface area contributed by atoms with Crippen molar-refractivity contribution in [1.29, 1.82) is 0 Å². The molecule has 3 heteroatoms. The molecule has 0 heterocycles. The van der Waals surface area contributed by atoms with Gasteiger partial charge in [0.05, 0.1) is 13.2 Å². The fraction of sp³-hybridized carbons (Fsp3) is 0.294. The monoisotopic (exact) mass is 274 g/mol. The fourth-order valence-electron chi connectivity index (χ4n) is 2.53. The molecule has 0 saturated heterocycles. The molecule has 0 radical (unpaired) electrons. The lowest BCUT2D eigenvalue weighted by Crippen LogP contribution is -2.07. The van der Waals surface area contributed by atoms with Crippen LogP contribution >= 0.6 is 0 Å². The van der Waals surface area contributed by atoms with Crippen LogP contribution < -0.4 is 4.74 Å². The number of aliphatic hydroxyl groups excluding tert-OH is 1. The molecule has 0 aliphatic heterocycles. The zero-order valence-corrected chi connectivity index (χ0v) is 12.0. The van der Waals surface area contributed by atoms with Crippen molar-refractivity contribution in [3.63, 3.8) is 0 Å². The lowest BCUT2D eigenvalue weighted by molar-refractivity contribution is 0.175. The summed E-state index contributed by atoms with van der Waals surface area (Å²) in [6.07, 6.45) is -0.493. The molecule has 1 atom stereocenters. The van der Waals surface area contributed by atoms with Crippen LogP contribution in [0.25, 0.3) is 0 Å². The first kappa shape index (κ1) is 14.5. The summed E-state index contributed by atoms with van der Waals surface area (Å²) >= 11 is 0. The van der Waals surface area contributed by atoms with Crippen molar-refractivity contribution in [1.82, 2.24) is 0 Å². The van der Waals surface area contributed by atoms with E-state index in [0.29, 0.717) is 5.56 Å². The molecule has 2 nitrogen and oxygen atoms in total. The highest BCUT2D eigenvalue weighted by Crippen LogP contribution is 2.28. The molecule has 2 aromatic carbocycles. The molecule has 0 saturated carbocycles. The standard InChI is InChI=1S/C17H19FO2/c1-11-6-4-7-12(2)16(11)14(19)10-13-8-5-9-15(20-3)17(13)18/h4-9,14,19H,10H2,1-3H3. The molecule has 2 aromatic rings. The third kappa shape index (κ3) is 2.83. The van der Waals surface area contributed by atoms with Crippen LogP contribution in [0, 0.1) is 19.7 Å². The van der Waals surface area contributed by atoms with Crippen LogP contribution in [0.4, 0.5) is 4.39 Å².